The number of hydrogen-bond acceptors (Lipinski definition) is 6. The minimum Gasteiger partial charge on any atom is -0.464 e. The number of amides is 1. The van der Waals surface area contributed by atoms with Crippen LogP contribution < -0.4 is 10.5 Å². The molecular formula is C24H33N5O2. The molecule has 1 amide bonds. The lowest BCUT2D eigenvalue weighted by molar-refractivity contribution is 0.0771. The van der Waals surface area contributed by atoms with E-state index in [1.807, 2.05) is 43.9 Å². The zero-order chi connectivity index (χ0) is 22.0. The zero-order valence-corrected chi connectivity index (χ0v) is 18.8. The third-order valence-corrected chi connectivity index (χ3v) is 6.57. The minimum atomic E-state index is 0.0464. The van der Waals surface area contributed by atoms with Crippen LogP contribution in [0.5, 0.6) is 6.01 Å². The maximum absolute atomic E-state index is 13.2. The van der Waals surface area contributed by atoms with Gasteiger partial charge in [-0.25, -0.2) is 0 Å². The Hall–Kier alpha value is -2.51. The molecule has 7 nitrogen and oxygen atoms in total. The molecule has 3 heterocycles. The predicted molar refractivity (Wildman–Crippen MR) is 120 cm³/mol. The number of aryl methyl sites for hydroxylation is 2. The molecule has 2 aromatic rings. The van der Waals surface area contributed by atoms with E-state index in [2.05, 4.69) is 27.0 Å². The molecule has 0 aliphatic carbocycles. The summed E-state index contributed by atoms with van der Waals surface area (Å²) in [6.45, 7) is 10.8. The van der Waals surface area contributed by atoms with Crippen LogP contribution in [0.2, 0.25) is 0 Å². The van der Waals surface area contributed by atoms with Crippen molar-refractivity contribution in [2.45, 2.75) is 33.2 Å². The number of benzene rings is 1. The van der Waals surface area contributed by atoms with Crippen LogP contribution in [0.25, 0.3) is 0 Å². The lowest BCUT2D eigenvalue weighted by atomic mass is 10.0. The van der Waals surface area contributed by atoms with Gasteiger partial charge >= 0.3 is 6.01 Å². The highest BCUT2D eigenvalue weighted by atomic mass is 16.5. The summed E-state index contributed by atoms with van der Waals surface area (Å²) in [5.74, 6) is 1.10. The van der Waals surface area contributed by atoms with Gasteiger partial charge in [-0.05, 0) is 51.1 Å². The van der Waals surface area contributed by atoms with Crippen LogP contribution >= 0.6 is 0 Å². The molecule has 2 aliphatic heterocycles. The van der Waals surface area contributed by atoms with Gasteiger partial charge in [-0.2, -0.15) is 9.97 Å². The molecule has 7 heteroatoms. The van der Waals surface area contributed by atoms with E-state index in [1.54, 1.807) is 0 Å². The second-order valence-electron chi connectivity index (χ2n) is 8.78. The maximum atomic E-state index is 13.2. The van der Waals surface area contributed by atoms with Gasteiger partial charge in [0, 0.05) is 32.2 Å². The molecule has 2 saturated heterocycles. The highest BCUT2D eigenvalue weighted by Gasteiger charge is 2.42. The number of aromatic nitrogens is 2. The van der Waals surface area contributed by atoms with Gasteiger partial charge in [-0.3, -0.25) is 4.79 Å². The summed E-state index contributed by atoms with van der Waals surface area (Å²) < 4.78 is 5.41. The normalized spacial score (nSPS) is 21.9. The lowest BCUT2D eigenvalue weighted by Gasteiger charge is -2.23. The van der Waals surface area contributed by atoms with Crippen LogP contribution in [0.1, 0.15) is 46.7 Å². The van der Waals surface area contributed by atoms with Crippen LogP contribution in [0.4, 0.5) is 0 Å². The van der Waals surface area contributed by atoms with Gasteiger partial charge in [0.15, 0.2) is 0 Å². The quantitative estimate of drug-likeness (QED) is 0.737. The Morgan fingerprint density at radius 3 is 2.29 bits per heavy atom. The first-order valence-electron chi connectivity index (χ1n) is 11.3. The third kappa shape index (κ3) is 4.72. The second kappa shape index (κ2) is 9.32. The number of nitrogens with two attached hydrogens (primary N) is 1. The Morgan fingerprint density at radius 1 is 1.10 bits per heavy atom. The SMILES string of the molecule is CCOc1nc(C)c(C(=O)N2CC3CN(CC[C@H](N)c4ccccc4)CC3C2)c(C)n1. The third-order valence-electron chi connectivity index (χ3n) is 6.57. The second-order valence-corrected chi connectivity index (χ2v) is 8.78. The molecule has 2 fully saturated rings. The van der Waals surface area contributed by atoms with Gasteiger partial charge in [-0.1, -0.05) is 30.3 Å². The Balaban J connectivity index is 1.32. The molecule has 1 aromatic carbocycles. The number of nitrogens with zero attached hydrogens (tertiary/aromatic N) is 4. The van der Waals surface area contributed by atoms with Crippen molar-refractivity contribution in [2.24, 2.45) is 17.6 Å². The predicted octanol–water partition coefficient (Wildman–Crippen LogP) is 2.59. The topological polar surface area (TPSA) is 84.6 Å². The molecule has 0 saturated carbocycles. The van der Waals surface area contributed by atoms with Crippen molar-refractivity contribution in [3.63, 3.8) is 0 Å². The van der Waals surface area contributed by atoms with Crippen LogP contribution in [0, 0.1) is 25.7 Å². The molecule has 2 unspecified atom stereocenters. The summed E-state index contributed by atoms with van der Waals surface area (Å²) >= 11 is 0. The average Bonchev–Trinajstić information content (AvgIpc) is 3.31. The summed E-state index contributed by atoms with van der Waals surface area (Å²) in [5, 5.41) is 0. The van der Waals surface area contributed by atoms with E-state index in [4.69, 9.17) is 10.5 Å². The van der Waals surface area contributed by atoms with Gasteiger partial charge in [0.05, 0.1) is 23.6 Å². The fourth-order valence-electron chi connectivity index (χ4n) is 4.97. The number of carbonyl (C=O) groups is 1. The Labute approximate surface area is 184 Å². The smallest absolute Gasteiger partial charge is 0.316 e. The number of carbonyl (C=O) groups excluding carboxylic acids is 1. The summed E-state index contributed by atoms with van der Waals surface area (Å²) in [4.78, 5) is 26.4. The fraction of sp³-hybridized carbons (Fsp3) is 0.542. The van der Waals surface area contributed by atoms with Crippen molar-refractivity contribution in [1.82, 2.24) is 19.8 Å². The number of likely N-dealkylation sites (tertiary alicyclic amines) is 2. The van der Waals surface area contributed by atoms with Gasteiger partial charge < -0.3 is 20.3 Å². The van der Waals surface area contributed by atoms with Crippen molar-refractivity contribution < 1.29 is 9.53 Å². The molecule has 1 aromatic heterocycles. The van der Waals surface area contributed by atoms with E-state index < -0.39 is 0 Å². The monoisotopic (exact) mass is 423 g/mol. The van der Waals surface area contributed by atoms with E-state index in [0.717, 1.165) is 39.1 Å². The first kappa shape index (κ1) is 21.7. The number of rotatable bonds is 7. The average molecular weight is 424 g/mol. The fourth-order valence-corrected chi connectivity index (χ4v) is 4.97. The Bertz CT molecular complexity index is 882. The minimum absolute atomic E-state index is 0.0464. The van der Waals surface area contributed by atoms with Gasteiger partial charge in [0.25, 0.3) is 5.91 Å². The summed E-state index contributed by atoms with van der Waals surface area (Å²) in [6, 6.07) is 10.7. The molecule has 4 rings (SSSR count). The molecule has 0 spiro atoms. The highest BCUT2D eigenvalue weighted by Crippen LogP contribution is 2.33. The molecule has 31 heavy (non-hydrogen) atoms. The van der Waals surface area contributed by atoms with Crippen molar-refractivity contribution in [2.75, 3.05) is 39.3 Å². The number of fused-ring (bicyclic) bond motifs is 1. The Kier molecular flexibility index (Phi) is 6.53. The van der Waals surface area contributed by atoms with Crippen LogP contribution in [-0.4, -0.2) is 65.0 Å². The molecule has 0 bridgehead atoms. The van der Waals surface area contributed by atoms with E-state index >= 15 is 0 Å². The van der Waals surface area contributed by atoms with Crippen molar-refractivity contribution in [1.29, 1.82) is 0 Å². The van der Waals surface area contributed by atoms with E-state index in [9.17, 15) is 4.79 Å². The van der Waals surface area contributed by atoms with E-state index in [-0.39, 0.29) is 11.9 Å². The number of ether oxygens (including phenoxy) is 1. The highest BCUT2D eigenvalue weighted by molar-refractivity contribution is 5.96. The largest absolute Gasteiger partial charge is 0.464 e. The summed E-state index contributed by atoms with van der Waals surface area (Å²) in [6.07, 6.45) is 0.952. The van der Waals surface area contributed by atoms with Gasteiger partial charge in [-0.15, -0.1) is 0 Å². The van der Waals surface area contributed by atoms with Crippen LogP contribution in [-0.2, 0) is 0 Å². The van der Waals surface area contributed by atoms with Crippen molar-refractivity contribution in [3.8, 4) is 6.01 Å². The number of hydrogen-bond donors (Lipinski definition) is 1. The van der Waals surface area contributed by atoms with E-state index in [0.29, 0.717) is 41.4 Å². The summed E-state index contributed by atoms with van der Waals surface area (Å²) in [7, 11) is 0. The molecular weight excluding hydrogens is 390 g/mol. The van der Waals surface area contributed by atoms with Crippen molar-refractivity contribution >= 4 is 5.91 Å². The molecule has 166 valence electrons. The zero-order valence-electron chi connectivity index (χ0n) is 18.8. The maximum Gasteiger partial charge on any atom is 0.316 e. The Morgan fingerprint density at radius 2 is 1.71 bits per heavy atom. The van der Waals surface area contributed by atoms with Crippen molar-refractivity contribution in [3.05, 3.63) is 52.8 Å². The summed E-state index contributed by atoms with van der Waals surface area (Å²) in [5.41, 5.74) is 9.57. The standard InChI is InChI=1S/C24H33N5O2/c1-4-31-24-26-16(2)22(17(3)27-24)23(30)29-14-19-12-28(13-20(19)15-29)11-10-21(25)18-8-6-5-7-9-18/h5-9,19-21H,4,10-15,25H2,1-3H3/t19?,20?,21-/m0/s1. The van der Waals surface area contributed by atoms with Crippen LogP contribution in [0.15, 0.2) is 30.3 Å². The van der Waals surface area contributed by atoms with Gasteiger partial charge in [0.2, 0.25) is 0 Å². The lowest BCUT2D eigenvalue weighted by Crippen LogP contribution is -2.35. The van der Waals surface area contributed by atoms with Gasteiger partial charge in [0.1, 0.15) is 0 Å². The first-order chi connectivity index (χ1) is 15.0. The van der Waals surface area contributed by atoms with Crippen LogP contribution in [0.3, 0.4) is 0 Å². The molecule has 3 atom stereocenters. The molecule has 2 aliphatic rings. The molecule has 0 radical (unpaired) electrons. The first-order valence-corrected chi connectivity index (χ1v) is 11.3. The van der Waals surface area contributed by atoms with E-state index in [1.165, 1.54) is 5.56 Å². The molecule has 2 N–H and O–H groups in total.